The van der Waals surface area contributed by atoms with E-state index in [9.17, 15) is 14.7 Å². The maximum Gasteiger partial charge on any atom is 0.261 e. The standard InChI is InChI=1S/C30H35N3O4.2ClH/c1-21(2)24-9-3-4-12-27(24)37-20-23(34)19-32-15-13-31(14-16-32)17-18-33-29(35)25-10-5-7-22-8-6-11-26(28(22)25)30(33)36;;/h3-12,21,23,34H,13-20H2,1-2H3;2*1H. The summed E-state index contributed by atoms with van der Waals surface area (Å²) in [5.74, 6) is 0.771. The quantitative estimate of drug-likeness (QED) is 0.381. The first kappa shape index (κ1) is 30.9. The Labute approximate surface area is 242 Å². The van der Waals surface area contributed by atoms with Crippen molar-refractivity contribution in [3.8, 4) is 5.75 Å². The van der Waals surface area contributed by atoms with Gasteiger partial charge in [-0.2, -0.15) is 0 Å². The molecule has 3 aromatic carbocycles. The van der Waals surface area contributed by atoms with Gasteiger partial charge in [-0.3, -0.25) is 24.3 Å². The third kappa shape index (κ3) is 6.73. The molecule has 2 amide bonds. The van der Waals surface area contributed by atoms with Gasteiger partial charge in [0.25, 0.3) is 11.8 Å². The van der Waals surface area contributed by atoms with Crippen LogP contribution in [0.1, 0.15) is 46.0 Å². The Balaban J connectivity index is 0.00000210. The van der Waals surface area contributed by atoms with Gasteiger partial charge in [0.2, 0.25) is 0 Å². The van der Waals surface area contributed by atoms with Crippen LogP contribution in [0.3, 0.4) is 0 Å². The molecule has 1 atom stereocenters. The molecule has 3 aromatic rings. The number of hydrogen-bond donors (Lipinski definition) is 1. The first-order valence-electron chi connectivity index (χ1n) is 13.1. The lowest BCUT2D eigenvalue weighted by atomic mass is 9.94. The number of aliphatic hydroxyl groups is 1. The fourth-order valence-electron chi connectivity index (χ4n) is 5.35. The fourth-order valence-corrected chi connectivity index (χ4v) is 5.35. The van der Waals surface area contributed by atoms with Gasteiger partial charge in [0.15, 0.2) is 0 Å². The lowest BCUT2D eigenvalue weighted by Crippen LogP contribution is -2.51. The SMILES string of the molecule is CC(C)c1ccccc1OCC(O)CN1CCN(CCN2C(=O)c3cccc4cccc(c34)C2=O)CC1.Cl.Cl. The molecule has 2 heterocycles. The van der Waals surface area contributed by atoms with Crippen LogP contribution in [-0.4, -0.2) is 90.1 Å². The van der Waals surface area contributed by atoms with Crippen LogP contribution in [0.15, 0.2) is 60.7 Å². The van der Waals surface area contributed by atoms with Crippen LogP contribution in [-0.2, 0) is 0 Å². The molecule has 0 spiro atoms. The molecule has 0 bridgehead atoms. The molecule has 39 heavy (non-hydrogen) atoms. The molecule has 0 saturated carbocycles. The third-order valence-electron chi connectivity index (χ3n) is 7.40. The molecular weight excluding hydrogens is 537 g/mol. The molecule has 2 aliphatic rings. The van der Waals surface area contributed by atoms with E-state index in [4.69, 9.17) is 4.74 Å². The maximum atomic E-state index is 13.1. The Kier molecular flexibility index (Phi) is 10.8. The first-order chi connectivity index (χ1) is 17.9. The number of β-amino-alcohol motifs (C(OH)–C–C–N with tert-alkyl or cyclic N) is 1. The number of amides is 2. The van der Waals surface area contributed by atoms with Crippen LogP contribution in [0.5, 0.6) is 5.75 Å². The van der Waals surface area contributed by atoms with Crippen molar-refractivity contribution in [3.05, 3.63) is 77.4 Å². The summed E-state index contributed by atoms with van der Waals surface area (Å²) in [6.07, 6.45) is -0.571. The van der Waals surface area contributed by atoms with E-state index < -0.39 is 6.10 Å². The van der Waals surface area contributed by atoms with Crippen LogP contribution in [0.4, 0.5) is 0 Å². The van der Waals surface area contributed by atoms with Crippen molar-refractivity contribution in [2.24, 2.45) is 0 Å². The van der Waals surface area contributed by atoms with Gasteiger partial charge >= 0.3 is 0 Å². The minimum Gasteiger partial charge on any atom is -0.491 e. The smallest absolute Gasteiger partial charge is 0.261 e. The van der Waals surface area contributed by atoms with Gasteiger partial charge in [-0.25, -0.2) is 0 Å². The van der Waals surface area contributed by atoms with Crippen molar-refractivity contribution in [2.75, 3.05) is 52.4 Å². The highest BCUT2D eigenvalue weighted by Crippen LogP contribution is 2.30. The monoisotopic (exact) mass is 573 g/mol. The zero-order chi connectivity index (χ0) is 25.9. The summed E-state index contributed by atoms with van der Waals surface area (Å²) in [5.41, 5.74) is 2.35. The van der Waals surface area contributed by atoms with Crippen molar-refractivity contribution in [1.29, 1.82) is 0 Å². The zero-order valence-electron chi connectivity index (χ0n) is 22.4. The number of carbonyl (C=O) groups excluding carboxylic acids is 2. The minimum absolute atomic E-state index is 0. The molecule has 0 aromatic heterocycles. The van der Waals surface area contributed by atoms with E-state index in [1.807, 2.05) is 54.6 Å². The second kappa shape index (κ2) is 13.6. The fraction of sp³-hybridized carbons (Fsp3) is 0.400. The highest BCUT2D eigenvalue weighted by Gasteiger charge is 2.33. The van der Waals surface area contributed by atoms with Crippen LogP contribution < -0.4 is 4.74 Å². The number of carbonyl (C=O) groups is 2. The van der Waals surface area contributed by atoms with Crippen LogP contribution >= 0.6 is 24.8 Å². The minimum atomic E-state index is -0.571. The van der Waals surface area contributed by atoms with E-state index in [0.717, 1.165) is 48.3 Å². The first-order valence-corrected chi connectivity index (χ1v) is 13.1. The van der Waals surface area contributed by atoms with Gasteiger partial charge in [0.05, 0.1) is 0 Å². The largest absolute Gasteiger partial charge is 0.491 e. The Morgan fingerprint density at radius 2 is 1.38 bits per heavy atom. The van der Waals surface area contributed by atoms with E-state index in [1.54, 1.807) is 0 Å². The molecule has 0 radical (unpaired) electrons. The summed E-state index contributed by atoms with van der Waals surface area (Å²) < 4.78 is 5.94. The zero-order valence-corrected chi connectivity index (χ0v) is 24.0. The van der Waals surface area contributed by atoms with Crippen LogP contribution in [0.2, 0.25) is 0 Å². The predicted molar refractivity (Wildman–Crippen MR) is 159 cm³/mol. The molecule has 0 aliphatic carbocycles. The Morgan fingerprint density at radius 3 is 2.00 bits per heavy atom. The molecule has 1 N–H and O–H groups in total. The Bertz CT molecular complexity index is 1240. The highest BCUT2D eigenvalue weighted by atomic mass is 35.5. The van der Waals surface area contributed by atoms with Gasteiger partial charge < -0.3 is 9.84 Å². The summed E-state index contributed by atoms with van der Waals surface area (Å²) in [7, 11) is 0. The molecule has 210 valence electrons. The molecule has 1 saturated heterocycles. The topological polar surface area (TPSA) is 73.3 Å². The normalized spacial score (nSPS) is 16.7. The van der Waals surface area contributed by atoms with Gasteiger partial charge in [-0.05, 0) is 35.1 Å². The second-order valence-electron chi connectivity index (χ2n) is 10.3. The highest BCUT2D eigenvalue weighted by molar-refractivity contribution is 6.25. The summed E-state index contributed by atoms with van der Waals surface area (Å²) in [6.45, 7) is 9.39. The molecule has 1 fully saturated rings. The van der Waals surface area contributed by atoms with Gasteiger partial charge in [-0.15, -0.1) is 24.8 Å². The lowest BCUT2D eigenvalue weighted by Gasteiger charge is -2.36. The second-order valence-corrected chi connectivity index (χ2v) is 10.3. The summed E-state index contributed by atoms with van der Waals surface area (Å²) in [4.78, 5) is 32.2. The molecule has 1 unspecified atom stereocenters. The van der Waals surface area contributed by atoms with Crippen molar-refractivity contribution in [1.82, 2.24) is 14.7 Å². The Hall–Kier alpha value is -2.68. The molecule has 9 heteroatoms. The van der Waals surface area contributed by atoms with Crippen LogP contribution in [0.25, 0.3) is 10.8 Å². The summed E-state index contributed by atoms with van der Waals surface area (Å²) >= 11 is 0. The number of ether oxygens (including phenoxy) is 1. The van der Waals surface area contributed by atoms with E-state index in [-0.39, 0.29) is 43.2 Å². The average Bonchev–Trinajstić information content (AvgIpc) is 2.91. The van der Waals surface area contributed by atoms with E-state index >= 15 is 0 Å². The predicted octanol–water partition coefficient (Wildman–Crippen LogP) is 4.46. The van der Waals surface area contributed by atoms with Gasteiger partial charge in [-0.1, -0.05) is 56.3 Å². The molecule has 5 rings (SSSR count). The lowest BCUT2D eigenvalue weighted by molar-refractivity contribution is 0.0414. The number of aliphatic hydroxyl groups excluding tert-OH is 1. The van der Waals surface area contributed by atoms with E-state index in [0.29, 0.717) is 36.7 Å². The molecule has 7 nitrogen and oxygen atoms in total. The maximum absolute atomic E-state index is 13.1. The number of halogens is 2. The van der Waals surface area contributed by atoms with Crippen molar-refractivity contribution < 1.29 is 19.4 Å². The number of hydrogen-bond acceptors (Lipinski definition) is 6. The number of rotatable bonds is 9. The van der Waals surface area contributed by atoms with Crippen molar-refractivity contribution >= 4 is 47.4 Å². The third-order valence-corrected chi connectivity index (χ3v) is 7.40. The summed E-state index contributed by atoms with van der Waals surface area (Å²) in [6, 6.07) is 19.2. The van der Waals surface area contributed by atoms with E-state index in [2.05, 4.69) is 29.7 Å². The van der Waals surface area contributed by atoms with Gasteiger partial charge in [0, 0.05) is 62.3 Å². The number of benzene rings is 3. The number of imide groups is 1. The number of para-hydroxylation sites is 1. The van der Waals surface area contributed by atoms with E-state index in [1.165, 1.54) is 4.90 Å². The number of nitrogens with zero attached hydrogens (tertiary/aromatic N) is 3. The van der Waals surface area contributed by atoms with Crippen molar-refractivity contribution in [3.63, 3.8) is 0 Å². The molecule has 2 aliphatic heterocycles. The molecular formula is C30H37Cl2N3O4. The van der Waals surface area contributed by atoms with Crippen molar-refractivity contribution in [2.45, 2.75) is 25.9 Å². The Morgan fingerprint density at radius 1 is 0.795 bits per heavy atom. The summed E-state index contributed by atoms with van der Waals surface area (Å²) in [5, 5.41) is 12.3. The number of piperazine rings is 1. The van der Waals surface area contributed by atoms with Gasteiger partial charge in [0.1, 0.15) is 18.5 Å². The average molecular weight is 575 g/mol. The van der Waals surface area contributed by atoms with Crippen LogP contribution in [0, 0.1) is 0 Å².